The van der Waals surface area contributed by atoms with Gasteiger partial charge < -0.3 is 10.4 Å². The van der Waals surface area contributed by atoms with E-state index >= 15 is 0 Å². The van der Waals surface area contributed by atoms with Gasteiger partial charge in [-0.2, -0.15) is 0 Å². The predicted molar refractivity (Wildman–Crippen MR) is 83.1 cm³/mol. The first kappa shape index (κ1) is 17.2. The van der Waals surface area contributed by atoms with Crippen molar-refractivity contribution in [2.24, 2.45) is 5.92 Å². The Morgan fingerprint density at radius 3 is 2.24 bits per heavy atom. The molecular formula is C17H25NO3. The number of carbonyl (C=O) groups excluding carboxylic acids is 1. The molecule has 0 aromatic heterocycles. The summed E-state index contributed by atoms with van der Waals surface area (Å²) in [6, 6.07) is 8.96. The lowest BCUT2D eigenvalue weighted by Gasteiger charge is -2.26. The summed E-state index contributed by atoms with van der Waals surface area (Å²) in [5.74, 6) is -0.986. The van der Waals surface area contributed by atoms with E-state index in [9.17, 15) is 14.7 Å². The maximum atomic E-state index is 12.2. The molecule has 2 N–H and O–H groups in total. The van der Waals surface area contributed by atoms with Crippen LogP contribution in [-0.4, -0.2) is 23.0 Å². The summed E-state index contributed by atoms with van der Waals surface area (Å²) in [5, 5.41) is 11.8. The summed E-state index contributed by atoms with van der Waals surface area (Å²) in [6.45, 7) is 7.85. The van der Waals surface area contributed by atoms with Crippen molar-refractivity contribution in [1.29, 1.82) is 0 Å². The zero-order valence-electron chi connectivity index (χ0n) is 13.2. The van der Waals surface area contributed by atoms with E-state index in [1.165, 1.54) is 0 Å². The minimum atomic E-state index is -0.977. The van der Waals surface area contributed by atoms with Gasteiger partial charge >= 0.3 is 5.97 Å². The number of rotatable bonds is 7. The fourth-order valence-electron chi connectivity index (χ4n) is 2.33. The molecule has 0 aliphatic rings. The van der Waals surface area contributed by atoms with E-state index in [4.69, 9.17) is 0 Å². The molecule has 116 valence electrons. The number of hydrogen-bond acceptors (Lipinski definition) is 2. The van der Waals surface area contributed by atoms with Crippen molar-refractivity contribution < 1.29 is 14.7 Å². The average Bonchev–Trinajstić information content (AvgIpc) is 2.37. The van der Waals surface area contributed by atoms with Crippen LogP contribution in [0.4, 0.5) is 0 Å². The van der Waals surface area contributed by atoms with Crippen LogP contribution in [0.15, 0.2) is 30.3 Å². The molecule has 1 rings (SSSR count). The summed E-state index contributed by atoms with van der Waals surface area (Å²) in [6.07, 6.45) is 0.700. The van der Waals surface area contributed by atoms with E-state index in [1.54, 1.807) is 0 Å². The van der Waals surface area contributed by atoms with Gasteiger partial charge in [-0.1, -0.05) is 58.0 Å². The number of carbonyl (C=O) groups is 2. The smallest absolute Gasteiger partial charge is 0.326 e. The molecule has 1 atom stereocenters. The van der Waals surface area contributed by atoms with E-state index in [0.717, 1.165) is 5.56 Å². The van der Waals surface area contributed by atoms with Gasteiger partial charge in [0.1, 0.15) is 6.04 Å². The predicted octanol–water partition coefficient (Wildman–Crippen LogP) is 2.97. The number of nitrogens with one attached hydrogen (secondary N) is 1. The van der Waals surface area contributed by atoms with Crippen molar-refractivity contribution in [2.75, 3.05) is 0 Å². The van der Waals surface area contributed by atoms with Crippen molar-refractivity contribution in [3.05, 3.63) is 35.9 Å². The molecular weight excluding hydrogens is 266 g/mol. The van der Waals surface area contributed by atoms with Gasteiger partial charge in [0.2, 0.25) is 5.91 Å². The second kappa shape index (κ2) is 7.25. The highest BCUT2D eigenvalue weighted by molar-refractivity contribution is 5.84. The van der Waals surface area contributed by atoms with Crippen LogP contribution < -0.4 is 5.32 Å². The highest BCUT2D eigenvalue weighted by atomic mass is 16.4. The van der Waals surface area contributed by atoms with Crippen LogP contribution >= 0.6 is 0 Å². The van der Waals surface area contributed by atoms with Crippen molar-refractivity contribution in [2.45, 2.75) is 52.0 Å². The molecule has 0 spiro atoms. The molecule has 1 amide bonds. The van der Waals surface area contributed by atoms with Gasteiger partial charge in [-0.3, -0.25) is 4.79 Å². The van der Waals surface area contributed by atoms with Crippen LogP contribution in [0, 0.1) is 5.92 Å². The Kier molecular flexibility index (Phi) is 5.94. The highest BCUT2D eigenvalue weighted by Crippen LogP contribution is 2.26. The SMILES string of the molecule is CC(C)CC(NC(=O)CC(C)(C)c1ccccc1)C(=O)O. The fourth-order valence-corrected chi connectivity index (χ4v) is 2.33. The Morgan fingerprint density at radius 1 is 1.19 bits per heavy atom. The van der Waals surface area contributed by atoms with Gasteiger partial charge in [0.05, 0.1) is 0 Å². The monoisotopic (exact) mass is 291 g/mol. The third kappa shape index (κ3) is 5.58. The number of amides is 1. The Balaban J connectivity index is 2.69. The second-order valence-corrected chi connectivity index (χ2v) is 6.51. The molecule has 4 nitrogen and oxygen atoms in total. The largest absolute Gasteiger partial charge is 0.480 e. The second-order valence-electron chi connectivity index (χ2n) is 6.51. The van der Waals surface area contributed by atoms with Crippen molar-refractivity contribution in [1.82, 2.24) is 5.32 Å². The van der Waals surface area contributed by atoms with E-state index < -0.39 is 12.0 Å². The number of carboxylic acids is 1. The molecule has 0 saturated heterocycles. The van der Waals surface area contributed by atoms with E-state index in [-0.39, 0.29) is 23.7 Å². The first-order chi connectivity index (χ1) is 9.72. The zero-order chi connectivity index (χ0) is 16.0. The topological polar surface area (TPSA) is 66.4 Å². The first-order valence-corrected chi connectivity index (χ1v) is 7.30. The third-order valence-corrected chi connectivity index (χ3v) is 3.50. The lowest BCUT2D eigenvalue weighted by atomic mass is 9.81. The number of aliphatic carboxylic acids is 1. The Hall–Kier alpha value is -1.84. The molecule has 1 unspecified atom stereocenters. The van der Waals surface area contributed by atoms with Crippen LogP contribution in [0.25, 0.3) is 0 Å². The van der Waals surface area contributed by atoms with Gasteiger partial charge in [-0.05, 0) is 23.3 Å². The van der Waals surface area contributed by atoms with E-state index in [2.05, 4.69) is 5.32 Å². The van der Waals surface area contributed by atoms with Crippen LogP contribution in [0.5, 0.6) is 0 Å². The third-order valence-electron chi connectivity index (χ3n) is 3.50. The van der Waals surface area contributed by atoms with Crippen molar-refractivity contribution >= 4 is 11.9 Å². The number of carboxylic acid groups (broad SMARTS) is 1. The molecule has 4 heteroatoms. The molecule has 1 aromatic carbocycles. The maximum Gasteiger partial charge on any atom is 0.326 e. The maximum absolute atomic E-state index is 12.2. The minimum absolute atomic E-state index is 0.216. The van der Waals surface area contributed by atoms with Crippen LogP contribution in [0.3, 0.4) is 0 Å². The molecule has 0 heterocycles. The standard InChI is InChI=1S/C17H25NO3/c1-12(2)10-14(16(20)21)18-15(19)11-17(3,4)13-8-6-5-7-9-13/h5-9,12,14H,10-11H2,1-4H3,(H,18,19)(H,20,21). The first-order valence-electron chi connectivity index (χ1n) is 7.30. The summed E-state index contributed by atoms with van der Waals surface area (Å²) in [5.41, 5.74) is 0.738. The Labute approximate surface area is 126 Å². The van der Waals surface area contributed by atoms with Crippen molar-refractivity contribution in [3.8, 4) is 0 Å². The molecule has 0 fully saturated rings. The van der Waals surface area contributed by atoms with Gasteiger partial charge in [-0.15, -0.1) is 0 Å². The number of hydrogen-bond donors (Lipinski definition) is 2. The molecule has 0 saturated carbocycles. The quantitative estimate of drug-likeness (QED) is 0.811. The molecule has 0 bridgehead atoms. The molecule has 0 aliphatic carbocycles. The van der Waals surface area contributed by atoms with Gasteiger partial charge in [-0.25, -0.2) is 4.79 Å². The molecule has 0 aliphatic heterocycles. The molecule has 1 aromatic rings. The molecule has 0 radical (unpaired) electrons. The van der Waals surface area contributed by atoms with Gasteiger partial charge in [0.25, 0.3) is 0 Å². The van der Waals surface area contributed by atoms with Crippen LogP contribution in [-0.2, 0) is 15.0 Å². The minimum Gasteiger partial charge on any atom is -0.480 e. The lowest BCUT2D eigenvalue weighted by molar-refractivity contribution is -0.142. The Morgan fingerprint density at radius 2 is 1.76 bits per heavy atom. The van der Waals surface area contributed by atoms with Crippen LogP contribution in [0.2, 0.25) is 0 Å². The normalized spacial score (nSPS) is 13.0. The fraction of sp³-hybridized carbons (Fsp3) is 0.529. The van der Waals surface area contributed by atoms with Gasteiger partial charge in [0, 0.05) is 6.42 Å². The summed E-state index contributed by atoms with van der Waals surface area (Å²) in [7, 11) is 0. The number of benzene rings is 1. The van der Waals surface area contributed by atoms with E-state index in [0.29, 0.717) is 6.42 Å². The molecule has 21 heavy (non-hydrogen) atoms. The average molecular weight is 291 g/mol. The Bertz CT molecular complexity index is 480. The lowest BCUT2D eigenvalue weighted by Crippen LogP contribution is -2.43. The summed E-state index contributed by atoms with van der Waals surface area (Å²) < 4.78 is 0. The summed E-state index contributed by atoms with van der Waals surface area (Å²) >= 11 is 0. The van der Waals surface area contributed by atoms with Gasteiger partial charge in [0.15, 0.2) is 0 Å². The van der Waals surface area contributed by atoms with E-state index in [1.807, 2.05) is 58.0 Å². The highest BCUT2D eigenvalue weighted by Gasteiger charge is 2.27. The summed E-state index contributed by atoms with van der Waals surface area (Å²) in [4.78, 5) is 23.3. The van der Waals surface area contributed by atoms with Crippen molar-refractivity contribution in [3.63, 3.8) is 0 Å². The van der Waals surface area contributed by atoms with Crippen LogP contribution in [0.1, 0.15) is 46.1 Å². The zero-order valence-corrected chi connectivity index (χ0v) is 13.2.